The Bertz CT molecular complexity index is 855. The molecule has 0 unspecified atom stereocenters. The largest absolute Gasteiger partial charge is 0.395 e. The average molecular weight is 570 g/mol. The number of hydrogen-bond acceptors (Lipinski definition) is 4. The summed E-state index contributed by atoms with van der Waals surface area (Å²) < 4.78 is 16.8. The molecule has 1 aromatic heterocycles. The van der Waals surface area contributed by atoms with Crippen LogP contribution < -0.4 is 16.0 Å². The summed E-state index contributed by atoms with van der Waals surface area (Å²) in [6, 6.07) is 6.47. The highest BCUT2D eigenvalue weighted by molar-refractivity contribution is 14.1. The number of aliphatic hydroxyl groups excluding tert-OH is 1. The Kier molecular flexibility index (Phi) is 7.19. The Labute approximate surface area is 174 Å². The molecule has 134 valence electrons. The third kappa shape index (κ3) is 4.70. The number of nitrogens with zero attached hydrogens (tertiary/aromatic N) is 2. The first-order valence-electron chi connectivity index (χ1n) is 7.45. The van der Waals surface area contributed by atoms with Gasteiger partial charge >= 0.3 is 0 Å². The van der Waals surface area contributed by atoms with Crippen LogP contribution in [0.1, 0.15) is 10.4 Å². The van der Waals surface area contributed by atoms with Crippen molar-refractivity contribution >= 4 is 64.0 Å². The molecule has 25 heavy (non-hydrogen) atoms. The number of nitrogens with one attached hydrogen (secondary N) is 2. The molecule has 0 fully saturated rings. The first kappa shape index (κ1) is 20.1. The molecule has 1 aliphatic heterocycles. The molecule has 3 N–H and O–H groups in total. The molecule has 1 amide bonds. The van der Waals surface area contributed by atoms with Crippen LogP contribution in [-0.4, -0.2) is 35.3 Å². The van der Waals surface area contributed by atoms with Gasteiger partial charge in [-0.3, -0.25) is 4.79 Å². The minimum Gasteiger partial charge on any atom is -0.395 e. The van der Waals surface area contributed by atoms with Crippen molar-refractivity contribution in [3.8, 4) is 0 Å². The average Bonchev–Trinajstić information content (AvgIpc) is 3.01. The van der Waals surface area contributed by atoms with E-state index in [9.17, 15) is 9.18 Å². The lowest BCUT2D eigenvalue weighted by molar-refractivity contribution is 0.0942. The van der Waals surface area contributed by atoms with Crippen molar-refractivity contribution in [3.05, 3.63) is 50.8 Å². The van der Waals surface area contributed by atoms with Crippen molar-refractivity contribution in [2.45, 2.75) is 6.54 Å². The van der Waals surface area contributed by atoms with Gasteiger partial charge in [0, 0.05) is 35.5 Å². The summed E-state index contributed by atoms with van der Waals surface area (Å²) in [5, 5.41) is 15.1. The number of hydrogen-bond donors (Lipinski definition) is 3. The molecule has 1 aromatic carbocycles. The maximum absolute atomic E-state index is 14.1. The van der Waals surface area contributed by atoms with E-state index in [-0.39, 0.29) is 48.7 Å². The Morgan fingerprint density at radius 1 is 1.44 bits per heavy atom. The van der Waals surface area contributed by atoms with Crippen molar-refractivity contribution in [1.29, 1.82) is 0 Å². The Morgan fingerprint density at radius 3 is 2.96 bits per heavy atom. The van der Waals surface area contributed by atoms with Gasteiger partial charge < -0.3 is 20.3 Å². The molecule has 0 atom stereocenters. The van der Waals surface area contributed by atoms with Crippen molar-refractivity contribution in [3.63, 3.8) is 0 Å². The first-order valence-corrected chi connectivity index (χ1v) is 8.53. The topological polar surface area (TPSA) is 78.7 Å². The van der Waals surface area contributed by atoms with Crippen molar-refractivity contribution in [2.24, 2.45) is 4.99 Å². The molecule has 0 aliphatic carbocycles. The SMILES string of the molecule is I.O=C(NCCO)c1cn2c(cc1=Nc1ccc(I)cc1F)NCC2. The van der Waals surface area contributed by atoms with Crippen molar-refractivity contribution in [1.82, 2.24) is 9.88 Å². The minimum absolute atomic E-state index is 0. The zero-order chi connectivity index (χ0) is 17.1. The molecule has 1 aliphatic rings. The number of anilines is 1. The molecular formula is C16H17FI2N4O2. The molecule has 2 aromatic rings. The van der Waals surface area contributed by atoms with E-state index in [1.54, 1.807) is 24.4 Å². The number of fused-ring (bicyclic) bond motifs is 1. The number of halogens is 3. The maximum Gasteiger partial charge on any atom is 0.255 e. The fourth-order valence-corrected chi connectivity index (χ4v) is 2.91. The number of aromatic nitrogens is 1. The molecule has 0 radical (unpaired) electrons. The maximum atomic E-state index is 14.1. The van der Waals surface area contributed by atoms with Crippen LogP contribution in [-0.2, 0) is 6.54 Å². The highest BCUT2D eigenvalue weighted by Crippen LogP contribution is 2.20. The quantitative estimate of drug-likeness (QED) is 0.494. The molecule has 6 nitrogen and oxygen atoms in total. The number of rotatable bonds is 4. The Morgan fingerprint density at radius 2 is 2.24 bits per heavy atom. The number of amides is 1. The number of aliphatic hydroxyl groups is 1. The van der Waals surface area contributed by atoms with Gasteiger partial charge in [0.05, 0.1) is 23.2 Å². The normalized spacial score (nSPS) is 13.0. The molecule has 2 heterocycles. The summed E-state index contributed by atoms with van der Waals surface area (Å²) in [5.41, 5.74) is 0.517. The molecule has 0 saturated carbocycles. The summed E-state index contributed by atoms with van der Waals surface area (Å²) in [6.45, 7) is 1.51. The second kappa shape index (κ2) is 8.94. The number of pyridine rings is 1. The molecule has 0 bridgehead atoms. The predicted octanol–water partition coefficient (Wildman–Crippen LogP) is 2.23. The van der Waals surface area contributed by atoms with Crippen molar-refractivity contribution < 1.29 is 14.3 Å². The number of carbonyl (C=O) groups is 1. The highest BCUT2D eigenvalue weighted by atomic mass is 127. The zero-order valence-electron chi connectivity index (χ0n) is 13.1. The number of carbonyl (C=O) groups excluding carboxylic acids is 1. The van der Waals surface area contributed by atoms with Crippen LogP contribution in [0.5, 0.6) is 0 Å². The van der Waals surface area contributed by atoms with Crippen molar-refractivity contribution in [2.75, 3.05) is 25.0 Å². The molecule has 0 saturated heterocycles. The van der Waals surface area contributed by atoms with Crippen LogP contribution >= 0.6 is 46.6 Å². The summed E-state index contributed by atoms with van der Waals surface area (Å²) in [6.07, 6.45) is 1.70. The van der Waals surface area contributed by atoms with Gasteiger partial charge in [0.25, 0.3) is 5.91 Å². The van der Waals surface area contributed by atoms with Crippen LogP contribution in [0.4, 0.5) is 15.9 Å². The van der Waals surface area contributed by atoms with Crippen LogP contribution in [0.15, 0.2) is 35.5 Å². The smallest absolute Gasteiger partial charge is 0.255 e. The van der Waals surface area contributed by atoms with E-state index in [1.165, 1.54) is 6.07 Å². The molecule has 3 rings (SSSR count). The molecule has 9 heteroatoms. The minimum atomic E-state index is -0.440. The van der Waals surface area contributed by atoms with E-state index in [1.807, 2.05) is 27.2 Å². The first-order chi connectivity index (χ1) is 11.6. The second-order valence-corrected chi connectivity index (χ2v) is 6.51. The van der Waals surface area contributed by atoms with E-state index >= 15 is 0 Å². The van der Waals surface area contributed by atoms with Gasteiger partial charge in [-0.2, -0.15) is 0 Å². The molecular weight excluding hydrogens is 553 g/mol. The standard InChI is InChI=1S/C16H16FIN4O2.HI/c17-12-7-10(18)1-2-13(12)21-14-8-15-19-3-5-22(15)9-11(14)16(24)20-4-6-23;/h1-2,7-9,19,23H,3-6H2,(H,20,24);1H. The summed E-state index contributed by atoms with van der Waals surface area (Å²) in [5.74, 6) is 0.0408. The van der Waals surface area contributed by atoms with Gasteiger partial charge in [0.1, 0.15) is 11.6 Å². The fraction of sp³-hybridized carbons (Fsp3) is 0.250. The summed E-state index contributed by atoms with van der Waals surface area (Å²) >= 11 is 2.03. The van der Waals surface area contributed by atoms with Gasteiger partial charge in [0.15, 0.2) is 0 Å². The Hall–Kier alpha value is -1.21. The van der Waals surface area contributed by atoms with Gasteiger partial charge in [0.2, 0.25) is 0 Å². The number of benzene rings is 1. The van der Waals surface area contributed by atoms with Crippen LogP contribution in [0.3, 0.4) is 0 Å². The lowest BCUT2D eigenvalue weighted by atomic mass is 10.2. The monoisotopic (exact) mass is 570 g/mol. The lowest BCUT2D eigenvalue weighted by Crippen LogP contribution is -2.31. The van der Waals surface area contributed by atoms with E-state index in [4.69, 9.17) is 5.11 Å². The van der Waals surface area contributed by atoms with Gasteiger partial charge in [-0.15, -0.1) is 24.0 Å². The van der Waals surface area contributed by atoms with Gasteiger partial charge in [-0.25, -0.2) is 9.38 Å². The van der Waals surface area contributed by atoms with Gasteiger partial charge in [-0.1, -0.05) is 0 Å². The lowest BCUT2D eigenvalue weighted by Gasteiger charge is -2.09. The van der Waals surface area contributed by atoms with Crippen LogP contribution in [0.2, 0.25) is 0 Å². The fourth-order valence-electron chi connectivity index (χ4n) is 2.46. The van der Waals surface area contributed by atoms with Crippen LogP contribution in [0, 0.1) is 9.39 Å². The summed E-state index contributed by atoms with van der Waals surface area (Å²) in [4.78, 5) is 16.7. The molecule has 0 spiro atoms. The van der Waals surface area contributed by atoms with Crippen LogP contribution in [0.25, 0.3) is 0 Å². The van der Waals surface area contributed by atoms with E-state index < -0.39 is 5.82 Å². The zero-order valence-corrected chi connectivity index (χ0v) is 17.6. The van der Waals surface area contributed by atoms with E-state index in [0.717, 1.165) is 22.5 Å². The summed E-state index contributed by atoms with van der Waals surface area (Å²) in [7, 11) is 0. The Balaban J connectivity index is 0.00000225. The third-order valence-electron chi connectivity index (χ3n) is 3.60. The second-order valence-electron chi connectivity index (χ2n) is 5.26. The predicted molar refractivity (Wildman–Crippen MR) is 112 cm³/mol. The van der Waals surface area contributed by atoms with E-state index in [2.05, 4.69) is 15.6 Å². The van der Waals surface area contributed by atoms with E-state index in [0.29, 0.717) is 10.9 Å². The van der Waals surface area contributed by atoms with Gasteiger partial charge in [-0.05, 0) is 40.8 Å². The highest BCUT2D eigenvalue weighted by Gasteiger charge is 2.15. The third-order valence-corrected chi connectivity index (χ3v) is 4.27.